The lowest BCUT2D eigenvalue weighted by molar-refractivity contribution is -0.123. The van der Waals surface area contributed by atoms with Crippen LogP contribution in [-0.2, 0) is 20.9 Å². The Morgan fingerprint density at radius 1 is 1.13 bits per heavy atom. The fourth-order valence-corrected chi connectivity index (χ4v) is 4.09. The Labute approximate surface area is 181 Å². The van der Waals surface area contributed by atoms with Gasteiger partial charge in [-0.2, -0.15) is 0 Å². The van der Waals surface area contributed by atoms with Gasteiger partial charge in [-0.25, -0.2) is 8.42 Å². The second kappa shape index (κ2) is 8.80. The number of hydrogen-bond donors (Lipinski definition) is 3. The Balaban J connectivity index is 1.58. The zero-order valence-corrected chi connectivity index (χ0v) is 19.3. The van der Waals surface area contributed by atoms with Crippen molar-refractivity contribution in [3.8, 4) is 0 Å². The number of carbonyl (C=O) groups is 1. The van der Waals surface area contributed by atoms with E-state index in [1.807, 2.05) is 32.0 Å². The van der Waals surface area contributed by atoms with Gasteiger partial charge >= 0.3 is 0 Å². The van der Waals surface area contributed by atoms with Crippen molar-refractivity contribution in [2.75, 3.05) is 11.2 Å². The number of benzene rings is 2. The molecular formula is C24H32N2O3S. The Hall–Kier alpha value is -2.34. The van der Waals surface area contributed by atoms with E-state index in [-0.39, 0.29) is 29.2 Å². The van der Waals surface area contributed by atoms with Crippen molar-refractivity contribution in [2.24, 2.45) is 5.92 Å². The van der Waals surface area contributed by atoms with Gasteiger partial charge in [0.05, 0.1) is 6.04 Å². The van der Waals surface area contributed by atoms with Crippen LogP contribution in [0.25, 0.3) is 0 Å². The van der Waals surface area contributed by atoms with Crippen molar-refractivity contribution in [1.29, 1.82) is 0 Å². The summed E-state index contributed by atoms with van der Waals surface area (Å²) in [5, 5.41) is 6.04. The number of amides is 1. The lowest BCUT2D eigenvalue weighted by Gasteiger charge is -2.19. The van der Waals surface area contributed by atoms with Crippen LogP contribution in [0.1, 0.15) is 68.3 Å². The molecule has 162 valence electrons. The van der Waals surface area contributed by atoms with Crippen molar-refractivity contribution in [3.63, 3.8) is 0 Å². The van der Waals surface area contributed by atoms with Crippen molar-refractivity contribution in [2.45, 2.75) is 58.4 Å². The van der Waals surface area contributed by atoms with Crippen LogP contribution in [0.5, 0.6) is 0 Å². The fraction of sp³-hybridized carbons (Fsp3) is 0.458. The highest BCUT2D eigenvalue weighted by atomic mass is 32.2. The first-order valence-electron chi connectivity index (χ1n) is 10.4. The van der Waals surface area contributed by atoms with Gasteiger partial charge < -0.3 is 10.6 Å². The van der Waals surface area contributed by atoms with Gasteiger partial charge in [0.2, 0.25) is 5.91 Å². The molecule has 0 aliphatic heterocycles. The van der Waals surface area contributed by atoms with Crippen LogP contribution in [0, 0.1) is 12.8 Å². The third-order valence-electron chi connectivity index (χ3n) is 5.84. The Kier molecular flexibility index (Phi) is 6.56. The zero-order chi connectivity index (χ0) is 22.1. The number of thiol groups is 1. The molecule has 0 spiro atoms. The summed E-state index contributed by atoms with van der Waals surface area (Å²) in [5.74, 6) is 0.342. The van der Waals surface area contributed by atoms with Crippen molar-refractivity contribution in [3.05, 3.63) is 64.7 Å². The summed E-state index contributed by atoms with van der Waals surface area (Å²) in [6.45, 7) is 10.5. The molecular weight excluding hydrogens is 396 g/mol. The first-order valence-corrected chi connectivity index (χ1v) is 11.8. The largest absolute Gasteiger partial charge is 0.372 e. The maximum atomic E-state index is 12.7. The molecule has 1 fully saturated rings. The summed E-state index contributed by atoms with van der Waals surface area (Å²) in [6.07, 6.45) is 0.892. The molecule has 0 heterocycles. The smallest absolute Gasteiger partial charge is 0.224 e. The number of aryl methyl sites for hydroxylation is 1. The molecule has 1 aliphatic carbocycles. The number of hydrogen-bond acceptors (Lipinski definition) is 4. The average Bonchev–Trinajstić information content (AvgIpc) is 3.47. The number of anilines is 1. The molecule has 2 N–H and O–H groups in total. The number of carbonyl (C=O) groups excluding carboxylic acids is 1. The van der Waals surface area contributed by atoms with E-state index in [4.69, 9.17) is 0 Å². The minimum Gasteiger partial charge on any atom is -0.372 e. The lowest BCUT2D eigenvalue weighted by Crippen LogP contribution is -2.28. The second-order valence-corrected chi connectivity index (χ2v) is 10.3. The normalized spacial score (nSPS) is 19.4. The van der Waals surface area contributed by atoms with Gasteiger partial charge in [-0.3, -0.25) is 4.79 Å². The highest BCUT2D eigenvalue weighted by Crippen LogP contribution is 2.48. The molecule has 2 aromatic carbocycles. The summed E-state index contributed by atoms with van der Waals surface area (Å²) in [4.78, 5) is 12.7. The van der Waals surface area contributed by atoms with Crippen molar-refractivity contribution < 1.29 is 13.2 Å². The second-order valence-electron chi connectivity index (χ2n) is 9.29. The maximum absolute atomic E-state index is 12.7. The van der Waals surface area contributed by atoms with Crippen LogP contribution in [0.4, 0.5) is 5.69 Å². The quantitative estimate of drug-likeness (QED) is 0.576. The minimum absolute atomic E-state index is 0.0309. The zero-order valence-electron chi connectivity index (χ0n) is 18.4. The fourth-order valence-electron chi connectivity index (χ4n) is 3.79. The van der Waals surface area contributed by atoms with E-state index in [1.54, 1.807) is 0 Å². The SMILES string of the molecule is Cc1cc([C@@H](C)NC(=O)C2CC2c2ccc(C(C)(C)C)cc2)ccc1NC[SH](=O)=O. The average molecular weight is 429 g/mol. The van der Waals surface area contributed by atoms with Crippen LogP contribution in [-0.4, -0.2) is 20.2 Å². The molecule has 0 aromatic heterocycles. The van der Waals surface area contributed by atoms with E-state index >= 15 is 0 Å². The highest BCUT2D eigenvalue weighted by Gasteiger charge is 2.44. The van der Waals surface area contributed by atoms with E-state index in [0.29, 0.717) is 5.92 Å². The first-order chi connectivity index (χ1) is 14.1. The van der Waals surface area contributed by atoms with Gasteiger partial charge in [0.1, 0.15) is 5.88 Å². The monoisotopic (exact) mass is 428 g/mol. The van der Waals surface area contributed by atoms with E-state index < -0.39 is 10.7 Å². The third kappa shape index (κ3) is 5.42. The van der Waals surface area contributed by atoms with E-state index in [0.717, 1.165) is 23.2 Å². The molecule has 3 atom stereocenters. The molecule has 30 heavy (non-hydrogen) atoms. The molecule has 1 aliphatic rings. The summed E-state index contributed by atoms with van der Waals surface area (Å²) >= 11 is 0. The van der Waals surface area contributed by atoms with Crippen LogP contribution < -0.4 is 10.6 Å². The van der Waals surface area contributed by atoms with E-state index in [1.165, 1.54) is 11.1 Å². The standard InChI is InChI=1S/C24H32N2O3S/c1-15-12-18(8-11-22(15)25-14-30(28)29)16(2)26-23(27)21-13-20(21)17-6-9-19(10-7-17)24(3,4)5/h6-12,16,20-21,25,30H,13-14H2,1-5H3,(H,26,27)/t16-,20?,21?/m1/s1. The van der Waals surface area contributed by atoms with Gasteiger partial charge in [0.15, 0.2) is 10.7 Å². The molecule has 2 aromatic rings. The Morgan fingerprint density at radius 2 is 1.80 bits per heavy atom. The van der Waals surface area contributed by atoms with Gasteiger partial charge in [-0.15, -0.1) is 0 Å². The first kappa shape index (κ1) is 22.3. The highest BCUT2D eigenvalue weighted by molar-refractivity contribution is 7.72. The predicted molar refractivity (Wildman–Crippen MR) is 123 cm³/mol. The summed E-state index contributed by atoms with van der Waals surface area (Å²) in [5.41, 5.74) is 5.41. The van der Waals surface area contributed by atoms with Crippen molar-refractivity contribution >= 4 is 22.3 Å². The molecule has 0 bridgehead atoms. The van der Waals surface area contributed by atoms with Crippen LogP contribution in [0.3, 0.4) is 0 Å². The summed E-state index contributed by atoms with van der Waals surface area (Å²) < 4.78 is 21.5. The van der Waals surface area contributed by atoms with Gasteiger partial charge in [-0.1, -0.05) is 57.2 Å². The van der Waals surface area contributed by atoms with Crippen LogP contribution >= 0.6 is 0 Å². The van der Waals surface area contributed by atoms with Crippen LogP contribution in [0.2, 0.25) is 0 Å². The predicted octanol–water partition coefficient (Wildman–Crippen LogP) is 4.25. The van der Waals surface area contributed by atoms with E-state index in [9.17, 15) is 13.2 Å². The molecule has 1 amide bonds. The molecule has 1 saturated carbocycles. The lowest BCUT2D eigenvalue weighted by atomic mass is 9.86. The minimum atomic E-state index is -2.47. The Bertz CT molecular complexity index is 983. The van der Waals surface area contributed by atoms with E-state index in [2.05, 4.69) is 55.7 Å². The number of rotatable bonds is 7. The number of nitrogens with one attached hydrogen (secondary N) is 2. The van der Waals surface area contributed by atoms with Gasteiger partial charge in [0.25, 0.3) is 0 Å². The molecule has 6 heteroatoms. The van der Waals surface area contributed by atoms with Crippen molar-refractivity contribution in [1.82, 2.24) is 5.32 Å². The van der Waals surface area contributed by atoms with Gasteiger partial charge in [-0.05, 0) is 59.9 Å². The topological polar surface area (TPSA) is 75.3 Å². The maximum Gasteiger partial charge on any atom is 0.224 e. The molecule has 0 radical (unpaired) electrons. The summed E-state index contributed by atoms with van der Waals surface area (Å²) in [6, 6.07) is 14.3. The molecule has 0 saturated heterocycles. The Morgan fingerprint density at radius 3 is 2.37 bits per heavy atom. The third-order valence-corrected chi connectivity index (χ3v) is 6.26. The molecule has 5 nitrogen and oxygen atoms in total. The van der Waals surface area contributed by atoms with Crippen LogP contribution in [0.15, 0.2) is 42.5 Å². The van der Waals surface area contributed by atoms with Gasteiger partial charge in [0, 0.05) is 11.6 Å². The summed E-state index contributed by atoms with van der Waals surface area (Å²) in [7, 11) is -2.47. The molecule has 2 unspecified atom stereocenters. The molecule has 3 rings (SSSR count).